The van der Waals surface area contributed by atoms with Gasteiger partial charge in [-0.3, -0.25) is 0 Å². The standard InChI is InChI=1S/C11H18N2O3S/c1-8-9(2)16-10(13-8)6-12-11(3)4-5-17(14,15)7-11/h12H,4-7H2,1-3H3. The molecule has 0 amide bonds. The van der Waals surface area contributed by atoms with Gasteiger partial charge < -0.3 is 9.73 Å². The molecule has 0 aliphatic carbocycles. The maximum atomic E-state index is 11.4. The highest BCUT2D eigenvalue weighted by Gasteiger charge is 2.38. The van der Waals surface area contributed by atoms with Gasteiger partial charge in [0.05, 0.1) is 23.7 Å². The van der Waals surface area contributed by atoms with E-state index in [4.69, 9.17) is 4.42 Å². The molecular weight excluding hydrogens is 240 g/mol. The third-order valence-corrected chi connectivity index (χ3v) is 5.15. The van der Waals surface area contributed by atoms with Crippen LogP contribution in [0.1, 0.15) is 30.7 Å². The topological polar surface area (TPSA) is 72.2 Å². The van der Waals surface area contributed by atoms with Crippen LogP contribution in [0, 0.1) is 13.8 Å². The Morgan fingerprint density at radius 2 is 2.18 bits per heavy atom. The summed E-state index contributed by atoms with van der Waals surface area (Å²) in [6.07, 6.45) is 0.647. The third-order valence-electron chi connectivity index (χ3n) is 3.24. The molecule has 1 atom stereocenters. The molecule has 1 unspecified atom stereocenters. The molecule has 5 nitrogen and oxygen atoms in total. The maximum absolute atomic E-state index is 11.4. The van der Waals surface area contributed by atoms with Gasteiger partial charge in [0, 0.05) is 5.54 Å². The van der Waals surface area contributed by atoms with E-state index in [1.165, 1.54) is 0 Å². The molecule has 0 aromatic carbocycles. The van der Waals surface area contributed by atoms with Crippen LogP contribution in [0.3, 0.4) is 0 Å². The number of hydrogen-bond acceptors (Lipinski definition) is 5. The molecule has 1 aliphatic rings. The predicted molar refractivity (Wildman–Crippen MR) is 64.5 cm³/mol. The van der Waals surface area contributed by atoms with Crippen LogP contribution in [0.5, 0.6) is 0 Å². The van der Waals surface area contributed by atoms with Crippen molar-refractivity contribution in [3.8, 4) is 0 Å². The number of aryl methyl sites for hydroxylation is 2. The molecule has 2 heterocycles. The minimum Gasteiger partial charge on any atom is -0.444 e. The van der Waals surface area contributed by atoms with E-state index in [9.17, 15) is 8.42 Å². The minimum absolute atomic E-state index is 0.193. The zero-order valence-corrected chi connectivity index (χ0v) is 11.2. The highest BCUT2D eigenvalue weighted by atomic mass is 32.2. The fraction of sp³-hybridized carbons (Fsp3) is 0.727. The third kappa shape index (κ3) is 2.87. The average molecular weight is 258 g/mol. The lowest BCUT2D eigenvalue weighted by Gasteiger charge is -2.22. The van der Waals surface area contributed by atoms with Gasteiger partial charge in [0.25, 0.3) is 0 Å². The lowest BCUT2D eigenvalue weighted by Crippen LogP contribution is -2.42. The zero-order chi connectivity index (χ0) is 12.7. The summed E-state index contributed by atoms with van der Waals surface area (Å²) in [5, 5.41) is 3.24. The molecule has 1 saturated heterocycles. The van der Waals surface area contributed by atoms with Crippen LogP contribution in [-0.2, 0) is 16.4 Å². The minimum atomic E-state index is -2.87. The average Bonchev–Trinajstić information content (AvgIpc) is 2.66. The summed E-state index contributed by atoms with van der Waals surface area (Å²) in [5.41, 5.74) is 0.528. The van der Waals surface area contributed by atoms with Crippen molar-refractivity contribution in [3.05, 3.63) is 17.3 Å². The Labute approximate surface area is 102 Å². The highest BCUT2D eigenvalue weighted by Crippen LogP contribution is 2.23. The molecule has 1 N–H and O–H groups in total. The number of nitrogens with one attached hydrogen (secondary N) is 1. The summed E-state index contributed by atoms with van der Waals surface area (Å²) in [6.45, 7) is 6.17. The van der Waals surface area contributed by atoms with Gasteiger partial charge in [-0.15, -0.1) is 0 Å². The van der Waals surface area contributed by atoms with E-state index >= 15 is 0 Å². The second-order valence-corrected chi connectivity index (χ2v) is 7.19. The number of aromatic nitrogens is 1. The van der Waals surface area contributed by atoms with Gasteiger partial charge in [0.2, 0.25) is 5.89 Å². The molecule has 0 saturated carbocycles. The summed E-state index contributed by atoms with van der Waals surface area (Å²) in [6, 6.07) is 0. The Morgan fingerprint density at radius 3 is 2.65 bits per heavy atom. The van der Waals surface area contributed by atoms with Crippen molar-refractivity contribution < 1.29 is 12.8 Å². The largest absolute Gasteiger partial charge is 0.444 e. The monoisotopic (exact) mass is 258 g/mol. The number of rotatable bonds is 3. The maximum Gasteiger partial charge on any atom is 0.208 e. The van der Waals surface area contributed by atoms with Crippen LogP contribution >= 0.6 is 0 Å². The van der Waals surface area contributed by atoms with Crippen LogP contribution in [0.4, 0.5) is 0 Å². The highest BCUT2D eigenvalue weighted by molar-refractivity contribution is 7.91. The SMILES string of the molecule is Cc1nc(CNC2(C)CCS(=O)(=O)C2)oc1C. The van der Waals surface area contributed by atoms with E-state index in [2.05, 4.69) is 10.3 Å². The van der Waals surface area contributed by atoms with Gasteiger partial charge in [-0.2, -0.15) is 0 Å². The second kappa shape index (κ2) is 4.10. The molecule has 2 rings (SSSR count). The van der Waals surface area contributed by atoms with E-state index in [1.54, 1.807) is 0 Å². The van der Waals surface area contributed by atoms with Crippen LogP contribution in [0.2, 0.25) is 0 Å². The van der Waals surface area contributed by atoms with Gasteiger partial charge in [-0.05, 0) is 27.2 Å². The van der Waals surface area contributed by atoms with Crippen molar-refractivity contribution in [2.24, 2.45) is 0 Å². The van der Waals surface area contributed by atoms with Crippen LogP contribution < -0.4 is 5.32 Å². The summed E-state index contributed by atoms with van der Waals surface area (Å²) in [7, 11) is -2.87. The number of nitrogens with zero attached hydrogens (tertiary/aromatic N) is 1. The van der Waals surface area contributed by atoms with Gasteiger partial charge in [-0.25, -0.2) is 13.4 Å². The van der Waals surface area contributed by atoms with E-state index in [-0.39, 0.29) is 17.0 Å². The van der Waals surface area contributed by atoms with Crippen molar-refractivity contribution in [3.63, 3.8) is 0 Å². The Hall–Kier alpha value is -0.880. The molecule has 0 radical (unpaired) electrons. The first-order chi connectivity index (χ1) is 7.80. The molecule has 1 aliphatic heterocycles. The predicted octanol–water partition coefficient (Wildman–Crippen LogP) is 0.958. The summed E-state index contributed by atoms with van der Waals surface area (Å²) < 4.78 is 28.3. The van der Waals surface area contributed by atoms with Gasteiger partial charge in [-0.1, -0.05) is 0 Å². The van der Waals surface area contributed by atoms with Crippen molar-refractivity contribution in [2.45, 2.75) is 39.3 Å². The first-order valence-corrected chi connectivity index (χ1v) is 7.50. The smallest absolute Gasteiger partial charge is 0.208 e. The van der Waals surface area contributed by atoms with Gasteiger partial charge in [0.1, 0.15) is 5.76 Å². The Bertz CT molecular complexity index is 501. The fourth-order valence-corrected chi connectivity index (χ4v) is 4.18. The first kappa shape index (κ1) is 12.6. The Kier molecular flexibility index (Phi) is 3.03. The lowest BCUT2D eigenvalue weighted by molar-refractivity contribution is 0.358. The molecule has 1 aromatic heterocycles. The summed E-state index contributed by atoms with van der Waals surface area (Å²) >= 11 is 0. The fourth-order valence-electron chi connectivity index (χ4n) is 2.05. The normalized spacial score (nSPS) is 27.5. The van der Waals surface area contributed by atoms with Crippen LogP contribution in [0.25, 0.3) is 0 Å². The Morgan fingerprint density at radius 1 is 1.47 bits per heavy atom. The van der Waals surface area contributed by atoms with E-state index in [0.29, 0.717) is 18.9 Å². The van der Waals surface area contributed by atoms with Gasteiger partial charge >= 0.3 is 0 Å². The molecule has 96 valence electrons. The zero-order valence-electron chi connectivity index (χ0n) is 10.4. The number of sulfone groups is 1. The first-order valence-electron chi connectivity index (χ1n) is 5.68. The molecule has 1 fully saturated rings. The van der Waals surface area contributed by atoms with Crippen LogP contribution in [0.15, 0.2) is 4.42 Å². The Balaban J connectivity index is 1.99. The summed E-state index contributed by atoms with van der Waals surface area (Å²) in [5.74, 6) is 1.88. The molecular formula is C11H18N2O3S. The molecule has 17 heavy (non-hydrogen) atoms. The number of oxazole rings is 1. The second-order valence-electron chi connectivity index (χ2n) is 5.01. The molecule has 0 spiro atoms. The van der Waals surface area contributed by atoms with E-state index in [1.807, 2.05) is 20.8 Å². The quantitative estimate of drug-likeness (QED) is 0.874. The number of hydrogen-bond donors (Lipinski definition) is 1. The lowest BCUT2D eigenvalue weighted by atomic mass is 10.0. The van der Waals surface area contributed by atoms with Crippen molar-refractivity contribution >= 4 is 9.84 Å². The van der Waals surface area contributed by atoms with E-state index in [0.717, 1.165) is 11.5 Å². The van der Waals surface area contributed by atoms with E-state index < -0.39 is 9.84 Å². The molecule has 6 heteroatoms. The van der Waals surface area contributed by atoms with Crippen molar-refractivity contribution in [1.29, 1.82) is 0 Å². The summed E-state index contributed by atoms with van der Waals surface area (Å²) in [4.78, 5) is 4.26. The van der Waals surface area contributed by atoms with Crippen molar-refractivity contribution in [2.75, 3.05) is 11.5 Å². The van der Waals surface area contributed by atoms with Gasteiger partial charge in [0.15, 0.2) is 9.84 Å². The van der Waals surface area contributed by atoms with Crippen molar-refractivity contribution in [1.82, 2.24) is 10.3 Å². The molecule has 1 aromatic rings. The van der Waals surface area contributed by atoms with Crippen LogP contribution in [-0.4, -0.2) is 30.4 Å². The molecule has 0 bridgehead atoms.